The van der Waals surface area contributed by atoms with E-state index in [4.69, 9.17) is 20.5 Å². The summed E-state index contributed by atoms with van der Waals surface area (Å²) >= 11 is 0. The molecule has 2 unspecified atom stereocenters. The molecule has 0 radical (unpaired) electrons. The van der Waals surface area contributed by atoms with Gasteiger partial charge in [0.05, 0.1) is 46.3 Å². The number of likely N-dealkylation sites (N-methyl/N-ethyl adjacent to an activating group) is 3. The van der Waals surface area contributed by atoms with E-state index in [9.17, 15) is 24.0 Å². The molecule has 230 valence electrons. The first-order valence-corrected chi connectivity index (χ1v) is 13.6. The Kier molecular flexibility index (Phi) is 16.4. The van der Waals surface area contributed by atoms with Crippen molar-refractivity contribution in [3.05, 3.63) is 0 Å². The van der Waals surface area contributed by atoms with Gasteiger partial charge >= 0.3 is 11.9 Å². The van der Waals surface area contributed by atoms with Gasteiger partial charge in [-0.2, -0.15) is 0 Å². The molecule has 15 nitrogen and oxygen atoms in total. The number of nitrogens with one attached hydrogen (secondary N) is 2. The molecule has 1 aliphatic heterocycles. The molecule has 0 aromatic heterocycles. The normalized spacial score (nSPS) is 19.5. The lowest BCUT2D eigenvalue weighted by atomic mass is 10.2. The highest BCUT2D eigenvalue weighted by molar-refractivity contribution is 5.81. The summed E-state index contributed by atoms with van der Waals surface area (Å²) in [6.45, 7) is 8.11. The van der Waals surface area contributed by atoms with Gasteiger partial charge in [-0.25, -0.2) is 15.5 Å². The fourth-order valence-corrected chi connectivity index (χ4v) is 4.08. The van der Waals surface area contributed by atoms with Gasteiger partial charge in [0.25, 0.3) is 0 Å². The first kappa shape index (κ1) is 35.3. The molecule has 0 bridgehead atoms. The lowest BCUT2D eigenvalue weighted by molar-refractivity contribution is -0.930. The van der Waals surface area contributed by atoms with Crippen molar-refractivity contribution in [3.63, 3.8) is 0 Å². The summed E-state index contributed by atoms with van der Waals surface area (Å²) in [5.74, 6) is 2.83. The van der Waals surface area contributed by atoms with Crippen LogP contribution in [0.5, 0.6) is 0 Å². The molecule has 0 saturated carbocycles. The zero-order chi connectivity index (χ0) is 30.1. The molecule has 3 atom stereocenters. The minimum Gasteiger partial charge on any atom is -0.479 e. The first-order chi connectivity index (χ1) is 18.9. The summed E-state index contributed by atoms with van der Waals surface area (Å²) in [4.78, 5) is 67.6. The second-order valence-corrected chi connectivity index (χ2v) is 10.1. The van der Waals surface area contributed by atoms with E-state index in [0.717, 1.165) is 6.54 Å². The molecule has 1 heterocycles. The molecular formula is C25H47N6O9+. The maximum Gasteiger partial charge on any atom is 0.366 e. The second kappa shape index (κ2) is 18.6. The Hall–Kier alpha value is -2.69. The Balaban J connectivity index is 2.29. The molecule has 1 fully saturated rings. The van der Waals surface area contributed by atoms with Gasteiger partial charge in [-0.1, -0.05) is 13.8 Å². The van der Waals surface area contributed by atoms with Gasteiger partial charge in [0.2, 0.25) is 18.0 Å². The molecule has 2 amide bonds. The number of carbonyl (C=O) groups is 5. The number of hydrogen-bond donors (Lipinski definition) is 4. The van der Waals surface area contributed by atoms with Crippen LogP contribution in [-0.4, -0.2) is 147 Å². The zero-order valence-corrected chi connectivity index (χ0v) is 24.2. The van der Waals surface area contributed by atoms with Gasteiger partial charge < -0.3 is 25.2 Å². The Bertz CT molecular complexity index is 846. The largest absolute Gasteiger partial charge is 0.479 e. The van der Waals surface area contributed by atoms with Crippen molar-refractivity contribution in [1.29, 1.82) is 0 Å². The minimum atomic E-state index is -1.23. The van der Waals surface area contributed by atoms with E-state index in [-0.39, 0.29) is 75.7 Å². The van der Waals surface area contributed by atoms with Gasteiger partial charge in [0.1, 0.15) is 0 Å². The predicted octanol–water partition coefficient (Wildman–Crippen LogP) is -2.08. The van der Waals surface area contributed by atoms with Crippen LogP contribution in [0, 0.1) is 0 Å². The summed E-state index contributed by atoms with van der Waals surface area (Å²) in [7, 11) is 3.77. The van der Waals surface area contributed by atoms with Crippen molar-refractivity contribution in [2.75, 3.05) is 86.2 Å². The highest BCUT2D eigenvalue weighted by atomic mass is 16.6. The molecule has 1 aliphatic rings. The molecule has 0 aliphatic carbocycles. The third kappa shape index (κ3) is 13.6. The summed E-state index contributed by atoms with van der Waals surface area (Å²) in [6.07, 6.45) is -1.68. The van der Waals surface area contributed by atoms with Crippen LogP contribution in [0.1, 0.15) is 33.1 Å². The van der Waals surface area contributed by atoms with Crippen LogP contribution in [0.25, 0.3) is 0 Å². The third-order valence-electron chi connectivity index (χ3n) is 6.79. The summed E-state index contributed by atoms with van der Waals surface area (Å²) < 4.78 is 11.2. The topological polar surface area (TPSA) is 190 Å². The van der Waals surface area contributed by atoms with Crippen molar-refractivity contribution >= 4 is 29.5 Å². The number of carbonyl (C=O) groups excluding carboxylic acids is 4. The molecule has 40 heavy (non-hydrogen) atoms. The summed E-state index contributed by atoms with van der Waals surface area (Å²) in [6, 6.07) is 0. The van der Waals surface area contributed by atoms with Crippen LogP contribution in [0.2, 0.25) is 0 Å². The Morgan fingerprint density at radius 1 is 1.12 bits per heavy atom. The number of Topliss-reactive ketones (excluding diaryl/α,β-unsaturated/α-hetero) is 1. The van der Waals surface area contributed by atoms with E-state index in [2.05, 4.69) is 15.5 Å². The lowest BCUT2D eigenvalue weighted by Crippen LogP contribution is -2.54. The minimum absolute atomic E-state index is 0.0243. The molecule has 15 heteroatoms. The van der Waals surface area contributed by atoms with Crippen LogP contribution in [0.15, 0.2) is 0 Å². The number of nitrogens with zero attached hydrogens (tertiary/aromatic N) is 3. The number of esters is 1. The molecular weight excluding hydrogens is 528 g/mol. The maximum atomic E-state index is 12.4. The number of quaternary nitrogens is 1. The number of hydrogen-bond acceptors (Lipinski definition) is 11. The predicted molar refractivity (Wildman–Crippen MR) is 143 cm³/mol. The number of carboxylic acids is 1. The number of ether oxygens (including phenoxy) is 2. The van der Waals surface area contributed by atoms with Crippen LogP contribution in [0.4, 0.5) is 0 Å². The number of nitrogens with two attached hydrogens (primary N) is 1. The molecule has 5 N–H and O–H groups in total. The number of carboxylic acid groups (broad SMARTS) is 1. The van der Waals surface area contributed by atoms with Gasteiger partial charge in [-0.3, -0.25) is 33.5 Å². The summed E-state index contributed by atoms with van der Waals surface area (Å²) in [5, 5.41) is 14.2. The van der Waals surface area contributed by atoms with E-state index in [1.807, 2.05) is 37.7 Å². The van der Waals surface area contributed by atoms with Crippen molar-refractivity contribution < 1.29 is 47.9 Å². The Morgan fingerprint density at radius 3 is 2.35 bits per heavy atom. The van der Waals surface area contributed by atoms with Crippen LogP contribution in [0.3, 0.4) is 0 Å². The average molecular weight is 576 g/mol. The maximum absolute atomic E-state index is 12.4. The lowest BCUT2D eigenvalue weighted by Gasteiger charge is -2.34. The smallest absolute Gasteiger partial charge is 0.366 e. The molecule has 0 spiro atoms. The number of ketones is 1. The van der Waals surface area contributed by atoms with Gasteiger partial charge in [0.15, 0.2) is 18.4 Å². The van der Waals surface area contributed by atoms with Gasteiger partial charge in [-0.05, 0) is 26.6 Å². The van der Waals surface area contributed by atoms with Crippen molar-refractivity contribution in [3.8, 4) is 0 Å². The third-order valence-corrected chi connectivity index (χ3v) is 6.79. The highest BCUT2D eigenvalue weighted by Gasteiger charge is 2.45. The highest BCUT2D eigenvalue weighted by Crippen LogP contribution is 2.23. The van der Waals surface area contributed by atoms with E-state index < -0.39 is 18.3 Å². The van der Waals surface area contributed by atoms with Crippen LogP contribution < -0.4 is 16.5 Å². The molecule has 0 aromatic rings. The van der Waals surface area contributed by atoms with E-state index in [0.29, 0.717) is 37.2 Å². The molecule has 0 aromatic carbocycles. The van der Waals surface area contributed by atoms with E-state index >= 15 is 0 Å². The van der Waals surface area contributed by atoms with Gasteiger partial charge in [0, 0.05) is 26.1 Å². The van der Waals surface area contributed by atoms with Crippen molar-refractivity contribution in [2.24, 2.45) is 5.90 Å². The van der Waals surface area contributed by atoms with Crippen LogP contribution in [-0.2, 0) is 38.3 Å². The quantitative estimate of drug-likeness (QED) is 0.0478. The average Bonchev–Trinajstić information content (AvgIpc) is 3.18. The zero-order valence-electron chi connectivity index (χ0n) is 24.2. The first-order valence-electron chi connectivity index (χ1n) is 13.6. The van der Waals surface area contributed by atoms with Gasteiger partial charge in [-0.15, -0.1) is 0 Å². The second-order valence-electron chi connectivity index (χ2n) is 10.1. The monoisotopic (exact) mass is 575 g/mol. The Morgan fingerprint density at radius 2 is 1.77 bits per heavy atom. The fourth-order valence-electron chi connectivity index (χ4n) is 4.08. The van der Waals surface area contributed by atoms with Crippen LogP contribution >= 0.6 is 0 Å². The number of amides is 2. The molecule has 1 rings (SSSR count). The standard InChI is InChI=1S/C25H46N6O9/c1-5-29(3)16-19(32)15-23-31(4,18-24(35)39-23)12-11-30(6-2)17-22(34)28-10-14-38-13-9-27-21(33)8-7-20(40-26)25(36)37/h20,23H,5-18,26H2,1-4H3,(H2-,27,28,33,34,36,37)/p+1/t20?,23-,31?/m1/s1. The molecule has 1 saturated heterocycles. The van der Waals surface area contributed by atoms with E-state index in [1.165, 1.54) is 0 Å². The van der Waals surface area contributed by atoms with Crippen molar-refractivity contribution in [1.82, 2.24) is 20.4 Å². The number of aliphatic carboxylic acids is 1. The SMILES string of the molecule is CCN(C)CC(=O)C[C@H]1OC(=O)C[N+]1(C)CCN(CC)CC(=O)NCCOCCNC(=O)CCC(ON)C(=O)O. The van der Waals surface area contributed by atoms with Crippen molar-refractivity contribution in [2.45, 2.75) is 45.4 Å². The Labute approximate surface area is 235 Å². The summed E-state index contributed by atoms with van der Waals surface area (Å²) in [5.41, 5.74) is 0. The number of rotatable bonds is 22. The van der Waals surface area contributed by atoms with E-state index in [1.54, 1.807) is 0 Å². The number of cyclic esters (lactones) is 1. The fraction of sp³-hybridized carbons (Fsp3) is 0.800.